The van der Waals surface area contributed by atoms with Crippen molar-refractivity contribution in [2.24, 2.45) is 0 Å². The fraction of sp³-hybridized carbons (Fsp3) is 0.267. The van der Waals surface area contributed by atoms with Crippen molar-refractivity contribution < 1.29 is 14.3 Å². The number of hydrogen-bond donors (Lipinski definition) is 1. The standard InChI is InChI=1S/C30H31N3O3/c1-3-36-25-15-13-22(14-16-25)17-18-33-28(34)27-19-24-11-7-8-12-26(24)32(27)21-30(33,2)29(35)31-20-23-9-5-4-6-10-23/h4-16,19H,3,17-18,20-21H2,1-2H3,(H,31,35). The molecule has 0 fully saturated rings. The number of carbonyl (C=O) groups is 2. The van der Waals surface area contributed by atoms with E-state index < -0.39 is 5.54 Å². The van der Waals surface area contributed by atoms with Gasteiger partial charge in [0.2, 0.25) is 5.91 Å². The Hall–Kier alpha value is -4.06. The largest absolute Gasteiger partial charge is 0.494 e. The number of hydrogen-bond acceptors (Lipinski definition) is 3. The number of benzene rings is 3. The minimum Gasteiger partial charge on any atom is -0.494 e. The van der Waals surface area contributed by atoms with Crippen LogP contribution in [0.25, 0.3) is 10.9 Å². The second-order valence-electron chi connectivity index (χ2n) is 9.40. The lowest BCUT2D eigenvalue weighted by Crippen LogP contribution is -2.64. The zero-order valence-electron chi connectivity index (χ0n) is 20.7. The number of nitrogens with zero attached hydrogens (tertiary/aromatic N) is 2. The van der Waals surface area contributed by atoms with Gasteiger partial charge in [0, 0.05) is 24.0 Å². The molecule has 2 amide bonds. The van der Waals surface area contributed by atoms with E-state index in [2.05, 4.69) is 5.32 Å². The summed E-state index contributed by atoms with van der Waals surface area (Å²) in [7, 11) is 0. The van der Waals surface area contributed by atoms with Gasteiger partial charge in [0.1, 0.15) is 17.0 Å². The fourth-order valence-corrected chi connectivity index (χ4v) is 4.98. The smallest absolute Gasteiger partial charge is 0.271 e. The summed E-state index contributed by atoms with van der Waals surface area (Å²) in [5.74, 6) is 0.542. The highest BCUT2D eigenvalue weighted by Gasteiger charge is 2.47. The molecule has 0 bridgehead atoms. The van der Waals surface area contributed by atoms with E-state index in [9.17, 15) is 9.59 Å². The van der Waals surface area contributed by atoms with Gasteiger partial charge in [-0.3, -0.25) is 9.59 Å². The van der Waals surface area contributed by atoms with E-state index in [0.29, 0.717) is 38.4 Å². The van der Waals surface area contributed by atoms with Gasteiger partial charge in [-0.1, -0.05) is 60.7 Å². The first-order chi connectivity index (χ1) is 17.5. The van der Waals surface area contributed by atoms with Gasteiger partial charge in [-0.25, -0.2) is 0 Å². The van der Waals surface area contributed by atoms with E-state index >= 15 is 0 Å². The maximum Gasteiger partial charge on any atom is 0.271 e. The first-order valence-electron chi connectivity index (χ1n) is 12.4. The van der Waals surface area contributed by atoms with Crippen LogP contribution in [0.15, 0.2) is 84.9 Å². The van der Waals surface area contributed by atoms with Crippen molar-refractivity contribution in [3.05, 3.63) is 102 Å². The van der Waals surface area contributed by atoms with Crippen LogP contribution in [0.3, 0.4) is 0 Å². The van der Waals surface area contributed by atoms with Gasteiger partial charge < -0.3 is 19.5 Å². The monoisotopic (exact) mass is 481 g/mol. The number of ether oxygens (including phenoxy) is 1. The van der Waals surface area contributed by atoms with E-state index in [1.165, 1.54) is 0 Å². The first kappa shape index (κ1) is 23.7. The predicted octanol–water partition coefficient (Wildman–Crippen LogP) is 4.81. The Balaban J connectivity index is 1.44. The van der Waals surface area contributed by atoms with Gasteiger partial charge in [-0.15, -0.1) is 0 Å². The molecule has 6 heteroatoms. The maximum atomic E-state index is 13.8. The van der Waals surface area contributed by atoms with Crippen LogP contribution in [0.5, 0.6) is 5.75 Å². The van der Waals surface area contributed by atoms with Gasteiger partial charge in [-0.2, -0.15) is 0 Å². The SMILES string of the molecule is CCOc1ccc(CCN2C(=O)c3cc4ccccc4n3CC2(C)C(=O)NCc2ccccc2)cc1. The predicted molar refractivity (Wildman–Crippen MR) is 141 cm³/mol. The molecule has 0 saturated carbocycles. The van der Waals surface area contributed by atoms with Crippen molar-refractivity contribution in [2.75, 3.05) is 13.2 Å². The molecule has 2 heterocycles. The van der Waals surface area contributed by atoms with Gasteiger partial charge in [0.15, 0.2) is 0 Å². The summed E-state index contributed by atoms with van der Waals surface area (Å²) >= 11 is 0. The Morgan fingerprint density at radius 2 is 1.69 bits per heavy atom. The third kappa shape index (κ3) is 4.47. The Kier molecular flexibility index (Phi) is 6.51. The molecule has 184 valence electrons. The molecule has 5 rings (SSSR count). The van der Waals surface area contributed by atoms with Crippen molar-refractivity contribution in [1.82, 2.24) is 14.8 Å². The molecule has 6 nitrogen and oxygen atoms in total. The number of nitrogens with one attached hydrogen (secondary N) is 1. The summed E-state index contributed by atoms with van der Waals surface area (Å²) in [4.78, 5) is 29.3. The Morgan fingerprint density at radius 1 is 0.972 bits per heavy atom. The second-order valence-corrected chi connectivity index (χ2v) is 9.40. The zero-order valence-corrected chi connectivity index (χ0v) is 20.7. The van der Waals surface area contributed by atoms with Crippen molar-refractivity contribution in [1.29, 1.82) is 0 Å². The molecule has 1 aliphatic heterocycles. The summed E-state index contributed by atoms with van der Waals surface area (Å²) in [6.07, 6.45) is 0.639. The molecule has 0 radical (unpaired) electrons. The van der Waals surface area contributed by atoms with E-state index in [0.717, 1.165) is 27.8 Å². The third-order valence-corrected chi connectivity index (χ3v) is 6.98. The fourth-order valence-electron chi connectivity index (χ4n) is 4.98. The first-order valence-corrected chi connectivity index (χ1v) is 12.4. The Bertz CT molecular complexity index is 1380. The molecule has 0 spiro atoms. The molecule has 1 unspecified atom stereocenters. The molecule has 3 aromatic carbocycles. The molecule has 4 aromatic rings. The van der Waals surface area contributed by atoms with Gasteiger partial charge in [0.25, 0.3) is 5.91 Å². The summed E-state index contributed by atoms with van der Waals surface area (Å²) in [6.45, 7) is 5.69. The maximum absolute atomic E-state index is 13.8. The van der Waals surface area contributed by atoms with Crippen LogP contribution < -0.4 is 10.1 Å². The normalized spacial score (nSPS) is 17.2. The highest BCUT2D eigenvalue weighted by atomic mass is 16.5. The molecular formula is C30H31N3O3. The lowest BCUT2D eigenvalue weighted by molar-refractivity contribution is -0.133. The highest BCUT2D eigenvalue weighted by Crippen LogP contribution is 2.32. The lowest BCUT2D eigenvalue weighted by Gasteiger charge is -2.44. The van der Waals surface area contributed by atoms with Crippen LogP contribution >= 0.6 is 0 Å². The average Bonchev–Trinajstić information content (AvgIpc) is 3.27. The summed E-state index contributed by atoms with van der Waals surface area (Å²) in [5.41, 5.74) is 2.66. The Labute approximate surface area is 211 Å². The average molecular weight is 482 g/mol. The molecule has 0 saturated heterocycles. The molecule has 0 aliphatic carbocycles. The van der Waals surface area contributed by atoms with Crippen LogP contribution in [0.1, 0.15) is 35.5 Å². The zero-order chi connectivity index (χ0) is 25.1. The van der Waals surface area contributed by atoms with Crippen LogP contribution in [0.4, 0.5) is 0 Å². The number of amides is 2. The van der Waals surface area contributed by atoms with E-state index in [1.807, 2.05) is 103 Å². The summed E-state index contributed by atoms with van der Waals surface area (Å²) in [6, 6.07) is 27.6. The molecule has 1 aromatic heterocycles. The number of aromatic nitrogens is 1. The quantitative estimate of drug-likeness (QED) is 0.393. The molecule has 1 N–H and O–H groups in total. The summed E-state index contributed by atoms with van der Waals surface area (Å²) in [5, 5.41) is 4.09. The minimum absolute atomic E-state index is 0.124. The van der Waals surface area contributed by atoms with Gasteiger partial charge in [0.05, 0.1) is 13.2 Å². The van der Waals surface area contributed by atoms with E-state index in [4.69, 9.17) is 4.74 Å². The Morgan fingerprint density at radius 3 is 2.44 bits per heavy atom. The molecule has 36 heavy (non-hydrogen) atoms. The van der Waals surface area contributed by atoms with Crippen molar-refractivity contribution >= 4 is 22.7 Å². The molecule has 1 aliphatic rings. The number of rotatable bonds is 8. The number of para-hydroxylation sites is 1. The van der Waals surface area contributed by atoms with Crippen LogP contribution in [0, 0.1) is 0 Å². The molecular weight excluding hydrogens is 450 g/mol. The van der Waals surface area contributed by atoms with Crippen molar-refractivity contribution in [2.45, 2.75) is 38.9 Å². The third-order valence-electron chi connectivity index (χ3n) is 6.98. The van der Waals surface area contributed by atoms with E-state index in [1.54, 1.807) is 4.90 Å². The van der Waals surface area contributed by atoms with E-state index in [-0.39, 0.29) is 11.8 Å². The number of carbonyl (C=O) groups excluding carboxylic acids is 2. The highest BCUT2D eigenvalue weighted by molar-refractivity contribution is 6.03. The second kappa shape index (κ2) is 9.90. The topological polar surface area (TPSA) is 63.6 Å². The van der Waals surface area contributed by atoms with Crippen LogP contribution in [-0.4, -0.2) is 40.0 Å². The van der Waals surface area contributed by atoms with Crippen LogP contribution in [-0.2, 0) is 24.3 Å². The van der Waals surface area contributed by atoms with Gasteiger partial charge >= 0.3 is 0 Å². The van der Waals surface area contributed by atoms with Crippen LogP contribution in [0.2, 0.25) is 0 Å². The van der Waals surface area contributed by atoms with Crippen molar-refractivity contribution in [3.63, 3.8) is 0 Å². The summed E-state index contributed by atoms with van der Waals surface area (Å²) < 4.78 is 7.54. The lowest BCUT2D eigenvalue weighted by atomic mass is 9.93. The minimum atomic E-state index is -1.04. The van der Waals surface area contributed by atoms with Crippen molar-refractivity contribution in [3.8, 4) is 5.75 Å². The number of fused-ring (bicyclic) bond motifs is 3. The molecule has 1 atom stereocenters. The van der Waals surface area contributed by atoms with Gasteiger partial charge in [-0.05, 0) is 55.7 Å².